The van der Waals surface area contributed by atoms with Gasteiger partial charge in [-0.2, -0.15) is 5.26 Å². The monoisotopic (exact) mass is 393 g/mol. The minimum Gasteiger partial charge on any atom is -0.315 e. The summed E-state index contributed by atoms with van der Waals surface area (Å²) < 4.78 is 0. The van der Waals surface area contributed by atoms with Crippen molar-refractivity contribution >= 4 is 22.2 Å². The first-order valence-electron chi connectivity index (χ1n) is 10.2. The molecule has 28 heavy (non-hydrogen) atoms. The number of nitrogens with zero attached hydrogens (tertiary/aromatic N) is 2. The number of benzene rings is 1. The summed E-state index contributed by atoms with van der Waals surface area (Å²) in [6.45, 7) is 5.57. The van der Waals surface area contributed by atoms with Crippen LogP contribution in [0.4, 0.5) is 5.00 Å². The Kier molecular flexibility index (Phi) is 5.52. The number of aryl methyl sites for hydroxylation is 1. The summed E-state index contributed by atoms with van der Waals surface area (Å²) in [5, 5.41) is 13.3. The average Bonchev–Trinajstić information content (AvgIpc) is 3.34. The highest BCUT2D eigenvalue weighted by molar-refractivity contribution is 7.16. The van der Waals surface area contributed by atoms with Crippen LogP contribution in [0.15, 0.2) is 24.3 Å². The van der Waals surface area contributed by atoms with E-state index in [0.717, 1.165) is 49.2 Å². The molecule has 2 aromatic rings. The van der Waals surface area contributed by atoms with Gasteiger partial charge < -0.3 is 5.32 Å². The van der Waals surface area contributed by atoms with Crippen LogP contribution in [0, 0.1) is 11.3 Å². The molecule has 1 heterocycles. The Morgan fingerprint density at radius 3 is 2.68 bits per heavy atom. The molecule has 1 aromatic carbocycles. The van der Waals surface area contributed by atoms with E-state index in [1.807, 2.05) is 0 Å². The van der Waals surface area contributed by atoms with Crippen LogP contribution in [0.3, 0.4) is 0 Å². The summed E-state index contributed by atoms with van der Waals surface area (Å²) in [5.74, 6) is 0.517. The van der Waals surface area contributed by atoms with E-state index >= 15 is 0 Å². The van der Waals surface area contributed by atoms with E-state index in [2.05, 4.69) is 54.4 Å². The zero-order valence-corrected chi connectivity index (χ0v) is 17.4. The molecular formula is C23H27N3OS. The summed E-state index contributed by atoms with van der Waals surface area (Å²) in [5.41, 5.74) is 4.44. The predicted molar refractivity (Wildman–Crippen MR) is 114 cm³/mol. The highest BCUT2D eigenvalue weighted by atomic mass is 32.1. The van der Waals surface area contributed by atoms with Crippen LogP contribution >= 0.6 is 11.3 Å². The molecule has 4 rings (SSSR count). The van der Waals surface area contributed by atoms with Crippen molar-refractivity contribution in [2.75, 3.05) is 11.9 Å². The number of thiophene rings is 1. The van der Waals surface area contributed by atoms with Crippen LogP contribution in [-0.2, 0) is 24.2 Å². The summed E-state index contributed by atoms with van der Waals surface area (Å²) in [6.07, 6.45) is 5.44. The minimum absolute atomic E-state index is 0.0119. The Bertz CT molecular complexity index is 903. The lowest BCUT2D eigenvalue weighted by Gasteiger charge is -2.21. The molecule has 0 radical (unpaired) electrons. The van der Waals surface area contributed by atoms with Crippen LogP contribution in [0.25, 0.3) is 0 Å². The Hall–Kier alpha value is -2.16. The fourth-order valence-corrected chi connectivity index (χ4v) is 5.21. The zero-order valence-electron chi connectivity index (χ0n) is 16.6. The summed E-state index contributed by atoms with van der Waals surface area (Å²) in [6, 6.07) is 11.6. The second kappa shape index (κ2) is 8.06. The Morgan fingerprint density at radius 2 is 2.04 bits per heavy atom. The smallest absolute Gasteiger partial charge is 0.239 e. The second-order valence-corrected chi connectivity index (χ2v) is 9.36. The quantitative estimate of drug-likeness (QED) is 0.733. The molecule has 0 atom stereocenters. The molecule has 1 N–H and O–H groups in total. The van der Waals surface area contributed by atoms with Crippen LogP contribution in [-0.4, -0.2) is 23.4 Å². The number of hydrogen-bond acceptors (Lipinski definition) is 4. The van der Waals surface area contributed by atoms with E-state index < -0.39 is 0 Å². The van der Waals surface area contributed by atoms with Crippen molar-refractivity contribution in [3.63, 3.8) is 0 Å². The highest BCUT2D eigenvalue weighted by Gasteiger charge is 2.31. The maximum atomic E-state index is 12.7. The van der Waals surface area contributed by atoms with E-state index in [0.29, 0.717) is 24.1 Å². The molecule has 1 saturated carbocycles. The standard InChI is InChI=1S/C23H27N3OS/c1-15(2)17-8-6-16(7-9-17)13-26(18-10-11-18)14-22(27)25-23-20(12-24)19-4-3-5-21(19)28-23/h6-9,15,18H,3-5,10-11,13-14H2,1-2H3,(H,25,27). The molecule has 0 spiro atoms. The van der Waals surface area contributed by atoms with Gasteiger partial charge in [-0.1, -0.05) is 38.1 Å². The molecule has 0 unspecified atom stereocenters. The first-order chi connectivity index (χ1) is 13.5. The number of fused-ring (bicyclic) bond motifs is 1. The third-order valence-electron chi connectivity index (χ3n) is 5.73. The van der Waals surface area contributed by atoms with Crippen molar-refractivity contribution in [3.05, 3.63) is 51.4 Å². The number of carbonyl (C=O) groups excluding carboxylic acids is 1. The molecule has 0 saturated heterocycles. The van der Waals surface area contributed by atoms with Gasteiger partial charge in [0, 0.05) is 17.5 Å². The largest absolute Gasteiger partial charge is 0.315 e. The Labute approximate surface area is 171 Å². The Morgan fingerprint density at radius 1 is 1.29 bits per heavy atom. The van der Waals surface area contributed by atoms with Gasteiger partial charge in [0.25, 0.3) is 0 Å². The predicted octanol–water partition coefficient (Wildman–Crippen LogP) is 4.83. The van der Waals surface area contributed by atoms with Crippen LogP contribution in [0.5, 0.6) is 0 Å². The van der Waals surface area contributed by atoms with E-state index in [1.54, 1.807) is 11.3 Å². The van der Waals surface area contributed by atoms with Gasteiger partial charge in [-0.3, -0.25) is 9.69 Å². The van der Waals surface area contributed by atoms with Crippen molar-refractivity contribution in [1.29, 1.82) is 5.26 Å². The molecule has 1 aromatic heterocycles. The van der Waals surface area contributed by atoms with E-state index in [-0.39, 0.29) is 5.91 Å². The molecule has 5 heteroatoms. The van der Waals surface area contributed by atoms with Crippen LogP contribution in [0.1, 0.15) is 66.2 Å². The maximum absolute atomic E-state index is 12.7. The minimum atomic E-state index is -0.0119. The number of carbonyl (C=O) groups is 1. The molecular weight excluding hydrogens is 366 g/mol. The van der Waals surface area contributed by atoms with E-state index in [4.69, 9.17) is 0 Å². The summed E-state index contributed by atoms with van der Waals surface area (Å²) in [4.78, 5) is 16.3. The lowest BCUT2D eigenvalue weighted by Crippen LogP contribution is -2.34. The molecule has 4 nitrogen and oxygen atoms in total. The SMILES string of the molecule is CC(C)c1ccc(CN(CC(=O)Nc2sc3c(c2C#N)CCC3)C2CC2)cc1. The van der Waals surface area contributed by atoms with Gasteiger partial charge in [0.05, 0.1) is 12.1 Å². The van der Waals surface area contributed by atoms with Crippen molar-refractivity contribution in [2.24, 2.45) is 0 Å². The van der Waals surface area contributed by atoms with Crippen molar-refractivity contribution in [1.82, 2.24) is 4.90 Å². The maximum Gasteiger partial charge on any atom is 0.239 e. The Balaban J connectivity index is 1.41. The van der Waals surface area contributed by atoms with Gasteiger partial charge in [0.1, 0.15) is 11.1 Å². The number of rotatable bonds is 7. The van der Waals surface area contributed by atoms with Gasteiger partial charge >= 0.3 is 0 Å². The van der Waals surface area contributed by atoms with Crippen molar-refractivity contribution in [2.45, 2.75) is 64.5 Å². The van der Waals surface area contributed by atoms with E-state index in [1.165, 1.54) is 16.0 Å². The normalized spacial score (nSPS) is 15.7. The molecule has 0 aliphatic heterocycles. The molecule has 1 amide bonds. The summed E-state index contributed by atoms with van der Waals surface area (Å²) >= 11 is 1.59. The number of nitriles is 1. The van der Waals surface area contributed by atoms with Crippen LogP contribution in [0.2, 0.25) is 0 Å². The third-order valence-corrected chi connectivity index (χ3v) is 6.94. The van der Waals surface area contributed by atoms with Gasteiger partial charge in [0.2, 0.25) is 5.91 Å². The first kappa shape index (κ1) is 19.2. The molecule has 0 bridgehead atoms. The topological polar surface area (TPSA) is 56.1 Å². The second-order valence-electron chi connectivity index (χ2n) is 8.25. The molecule has 1 fully saturated rings. The van der Waals surface area contributed by atoms with Gasteiger partial charge in [-0.25, -0.2) is 0 Å². The average molecular weight is 394 g/mol. The number of anilines is 1. The van der Waals surface area contributed by atoms with Gasteiger partial charge in [-0.15, -0.1) is 11.3 Å². The summed E-state index contributed by atoms with van der Waals surface area (Å²) in [7, 11) is 0. The number of nitrogens with one attached hydrogen (secondary N) is 1. The van der Waals surface area contributed by atoms with Gasteiger partial charge in [0.15, 0.2) is 0 Å². The van der Waals surface area contributed by atoms with Crippen molar-refractivity contribution < 1.29 is 4.79 Å². The number of amides is 1. The third kappa shape index (κ3) is 4.14. The van der Waals surface area contributed by atoms with E-state index in [9.17, 15) is 10.1 Å². The highest BCUT2D eigenvalue weighted by Crippen LogP contribution is 2.38. The molecule has 146 valence electrons. The fourth-order valence-electron chi connectivity index (χ4n) is 3.96. The lowest BCUT2D eigenvalue weighted by molar-refractivity contribution is -0.117. The fraction of sp³-hybridized carbons (Fsp3) is 0.478. The molecule has 2 aliphatic carbocycles. The van der Waals surface area contributed by atoms with Gasteiger partial charge in [-0.05, 0) is 54.7 Å². The number of hydrogen-bond donors (Lipinski definition) is 1. The van der Waals surface area contributed by atoms with Crippen LogP contribution < -0.4 is 5.32 Å². The zero-order chi connectivity index (χ0) is 19.7. The van der Waals surface area contributed by atoms with Crippen molar-refractivity contribution in [3.8, 4) is 6.07 Å². The molecule has 2 aliphatic rings. The first-order valence-corrected chi connectivity index (χ1v) is 11.0. The lowest BCUT2D eigenvalue weighted by atomic mass is 10.0.